The van der Waals surface area contributed by atoms with Gasteiger partial charge in [0, 0.05) is 12.2 Å². The van der Waals surface area contributed by atoms with Crippen molar-refractivity contribution in [3.05, 3.63) is 47.5 Å². The fourth-order valence-electron chi connectivity index (χ4n) is 1.98. The van der Waals surface area contributed by atoms with Crippen LogP contribution in [0.25, 0.3) is 0 Å². The number of halogens is 1. The molecule has 0 fully saturated rings. The highest BCUT2D eigenvalue weighted by Gasteiger charge is 2.16. The standard InChI is InChI=1S/C15H15FN4O/c1-9(2)20-8-11(18)6-14(20)15(21)19-13-4-3-10(7-17)5-12(13)16/h3-6,8-9H,18H2,1-2H3,(H,19,21). The Morgan fingerprint density at radius 1 is 1.43 bits per heavy atom. The zero-order chi connectivity index (χ0) is 15.6. The Balaban J connectivity index is 2.29. The van der Waals surface area contributed by atoms with E-state index in [0.29, 0.717) is 11.4 Å². The van der Waals surface area contributed by atoms with Crippen LogP contribution in [-0.4, -0.2) is 10.5 Å². The lowest BCUT2D eigenvalue weighted by Crippen LogP contribution is -2.18. The first-order valence-corrected chi connectivity index (χ1v) is 6.40. The number of amides is 1. The summed E-state index contributed by atoms with van der Waals surface area (Å²) < 4.78 is 15.5. The van der Waals surface area contributed by atoms with Gasteiger partial charge in [-0.2, -0.15) is 5.26 Å². The molecule has 0 unspecified atom stereocenters. The predicted octanol–water partition coefficient (Wildman–Crippen LogP) is 2.91. The second-order valence-electron chi connectivity index (χ2n) is 4.92. The molecule has 0 aliphatic carbocycles. The minimum atomic E-state index is -0.655. The molecule has 2 rings (SSSR count). The predicted molar refractivity (Wildman–Crippen MR) is 78.3 cm³/mol. The molecule has 3 N–H and O–H groups in total. The van der Waals surface area contributed by atoms with Gasteiger partial charge in [-0.15, -0.1) is 0 Å². The van der Waals surface area contributed by atoms with Crippen LogP contribution in [0.15, 0.2) is 30.5 Å². The molecule has 1 aromatic carbocycles. The molecule has 1 heterocycles. The van der Waals surface area contributed by atoms with E-state index in [-0.39, 0.29) is 17.3 Å². The summed E-state index contributed by atoms with van der Waals surface area (Å²) in [4.78, 5) is 12.2. The van der Waals surface area contributed by atoms with E-state index in [2.05, 4.69) is 5.32 Å². The van der Waals surface area contributed by atoms with Crippen molar-refractivity contribution in [1.29, 1.82) is 5.26 Å². The van der Waals surface area contributed by atoms with E-state index < -0.39 is 11.7 Å². The van der Waals surface area contributed by atoms with Gasteiger partial charge in [-0.3, -0.25) is 4.79 Å². The van der Waals surface area contributed by atoms with Crippen molar-refractivity contribution in [2.24, 2.45) is 0 Å². The highest BCUT2D eigenvalue weighted by Crippen LogP contribution is 2.20. The van der Waals surface area contributed by atoms with Gasteiger partial charge in [0.25, 0.3) is 5.91 Å². The van der Waals surface area contributed by atoms with E-state index in [1.807, 2.05) is 19.9 Å². The highest BCUT2D eigenvalue weighted by atomic mass is 19.1. The number of nitrogen functional groups attached to an aromatic ring is 1. The first-order chi connectivity index (χ1) is 9.92. The maximum absolute atomic E-state index is 13.8. The Hall–Kier alpha value is -2.81. The van der Waals surface area contributed by atoms with Crippen LogP contribution >= 0.6 is 0 Å². The fourth-order valence-corrected chi connectivity index (χ4v) is 1.98. The molecule has 108 valence electrons. The second kappa shape index (κ2) is 5.67. The fraction of sp³-hybridized carbons (Fsp3) is 0.200. The first-order valence-electron chi connectivity index (χ1n) is 6.40. The molecule has 0 aliphatic heterocycles. The summed E-state index contributed by atoms with van der Waals surface area (Å²) in [6.07, 6.45) is 1.66. The number of aromatic nitrogens is 1. The van der Waals surface area contributed by atoms with Gasteiger partial charge in [0.05, 0.1) is 23.0 Å². The van der Waals surface area contributed by atoms with Gasteiger partial charge < -0.3 is 15.6 Å². The number of nitriles is 1. The number of nitrogens with two attached hydrogens (primary N) is 1. The van der Waals surface area contributed by atoms with Crippen molar-refractivity contribution in [3.8, 4) is 6.07 Å². The molecule has 0 aliphatic rings. The molecule has 21 heavy (non-hydrogen) atoms. The SMILES string of the molecule is CC(C)n1cc(N)cc1C(=O)Nc1ccc(C#N)cc1F. The Morgan fingerprint density at radius 3 is 2.71 bits per heavy atom. The first kappa shape index (κ1) is 14.6. The van der Waals surface area contributed by atoms with E-state index in [1.165, 1.54) is 18.2 Å². The minimum absolute atomic E-state index is 0.0223. The molecule has 0 radical (unpaired) electrons. The van der Waals surface area contributed by atoms with Gasteiger partial charge in [0.2, 0.25) is 0 Å². The summed E-state index contributed by atoms with van der Waals surface area (Å²) in [6.45, 7) is 3.83. The van der Waals surface area contributed by atoms with Crippen LogP contribution in [0.4, 0.5) is 15.8 Å². The van der Waals surface area contributed by atoms with Crippen LogP contribution in [0.1, 0.15) is 35.9 Å². The molecule has 0 spiro atoms. The zero-order valence-corrected chi connectivity index (χ0v) is 11.7. The maximum atomic E-state index is 13.8. The van der Waals surface area contributed by atoms with Crippen molar-refractivity contribution >= 4 is 17.3 Å². The third-order valence-corrected chi connectivity index (χ3v) is 3.01. The van der Waals surface area contributed by atoms with Crippen molar-refractivity contribution in [3.63, 3.8) is 0 Å². The van der Waals surface area contributed by atoms with Crippen molar-refractivity contribution in [2.45, 2.75) is 19.9 Å². The minimum Gasteiger partial charge on any atom is -0.397 e. The summed E-state index contributed by atoms with van der Waals surface area (Å²) in [5, 5.41) is 11.2. The van der Waals surface area contributed by atoms with Gasteiger partial charge in [-0.25, -0.2) is 4.39 Å². The van der Waals surface area contributed by atoms with E-state index >= 15 is 0 Å². The van der Waals surface area contributed by atoms with Crippen LogP contribution < -0.4 is 11.1 Å². The average Bonchev–Trinajstić information content (AvgIpc) is 2.83. The van der Waals surface area contributed by atoms with Crippen molar-refractivity contribution < 1.29 is 9.18 Å². The van der Waals surface area contributed by atoms with Gasteiger partial charge in [-0.1, -0.05) is 0 Å². The number of nitrogens with one attached hydrogen (secondary N) is 1. The molecule has 1 amide bonds. The lowest BCUT2D eigenvalue weighted by molar-refractivity contribution is 0.101. The van der Waals surface area contributed by atoms with Crippen molar-refractivity contribution in [2.75, 3.05) is 11.1 Å². The lowest BCUT2D eigenvalue weighted by atomic mass is 10.2. The molecule has 0 saturated carbocycles. The van der Waals surface area contributed by atoms with Gasteiger partial charge in [0.15, 0.2) is 0 Å². The van der Waals surface area contributed by atoms with Crippen LogP contribution in [-0.2, 0) is 0 Å². The molecule has 0 saturated heterocycles. The Bertz CT molecular complexity index is 728. The Kier molecular flexibility index (Phi) is 3.94. The molecule has 5 nitrogen and oxygen atoms in total. The number of rotatable bonds is 3. The van der Waals surface area contributed by atoms with E-state index in [0.717, 1.165) is 6.07 Å². The molecule has 0 atom stereocenters. The summed E-state index contributed by atoms with van der Waals surface area (Å²) in [5.41, 5.74) is 6.74. The lowest BCUT2D eigenvalue weighted by Gasteiger charge is -2.13. The number of benzene rings is 1. The van der Waals surface area contributed by atoms with Gasteiger partial charge in [0.1, 0.15) is 11.5 Å². The number of carbonyl (C=O) groups is 1. The number of nitrogens with zero attached hydrogens (tertiary/aromatic N) is 2. The smallest absolute Gasteiger partial charge is 0.272 e. The Morgan fingerprint density at radius 2 is 2.14 bits per heavy atom. The number of hydrogen-bond acceptors (Lipinski definition) is 3. The average molecular weight is 286 g/mol. The van der Waals surface area contributed by atoms with Crippen LogP contribution in [0.5, 0.6) is 0 Å². The summed E-state index contributed by atoms with van der Waals surface area (Å²) in [5.74, 6) is -1.11. The van der Waals surface area contributed by atoms with E-state index in [9.17, 15) is 9.18 Å². The maximum Gasteiger partial charge on any atom is 0.272 e. The second-order valence-corrected chi connectivity index (χ2v) is 4.92. The van der Waals surface area contributed by atoms with Gasteiger partial charge in [-0.05, 0) is 38.1 Å². The van der Waals surface area contributed by atoms with Crippen LogP contribution in [0.3, 0.4) is 0 Å². The van der Waals surface area contributed by atoms with E-state index in [4.69, 9.17) is 11.0 Å². The topological polar surface area (TPSA) is 83.8 Å². The monoisotopic (exact) mass is 286 g/mol. The molecule has 2 aromatic rings. The molecular weight excluding hydrogens is 271 g/mol. The summed E-state index contributed by atoms with van der Waals surface area (Å²) in [7, 11) is 0. The van der Waals surface area contributed by atoms with Crippen LogP contribution in [0, 0.1) is 17.1 Å². The van der Waals surface area contributed by atoms with Crippen molar-refractivity contribution in [1.82, 2.24) is 4.57 Å². The highest BCUT2D eigenvalue weighted by molar-refractivity contribution is 6.04. The van der Waals surface area contributed by atoms with E-state index in [1.54, 1.807) is 10.8 Å². The molecule has 1 aromatic heterocycles. The number of hydrogen-bond donors (Lipinski definition) is 2. The number of carbonyl (C=O) groups excluding carboxylic acids is 1. The largest absolute Gasteiger partial charge is 0.397 e. The zero-order valence-electron chi connectivity index (χ0n) is 11.7. The van der Waals surface area contributed by atoms with Gasteiger partial charge >= 0.3 is 0 Å². The normalized spacial score (nSPS) is 10.4. The molecule has 0 bridgehead atoms. The summed E-state index contributed by atoms with van der Waals surface area (Å²) in [6, 6.07) is 7.30. The number of anilines is 2. The quantitative estimate of drug-likeness (QED) is 0.909. The third kappa shape index (κ3) is 3.03. The summed E-state index contributed by atoms with van der Waals surface area (Å²) >= 11 is 0. The molecular formula is C15H15FN4O. The molecule has 6 heteroatoms. The third-order valence-electron chi connectivity index (χ3n) is 3.01. The van der Waals surface area contributed by atoms with Crippen LogP contribution in [0.2, 0.25) is 0 Å². The Labute approximate surface area is 121 Å².